The van der Waals surface area contributed by atoms with Gasteiger partial charge in [-0.25, -0.2) is 0 Å². The van der Waals surface area contributed by atoms with E-state index in [1.807, 2.05) is 12.1 Å². The second kappa shape index (κ2) is 6.08. The number of aliphatic hydroxyl groups is 1. The maximum atomic E-state index is 9.91. The number of nitrogens with zero attached hydrogens (tertiary/aromatic N) is 2. The van der Waals surface area contributed by atoms with Crippen LogP contribution in [0.25, 0.3) is 0 Å². The molecular formula is C16H22N2O. The molecule has 1 aromatic rings. The summed E-state index contributed by atoms with van der Waals surface area (Å²) in [6.45, 7) is 1.78. The van der Waals surface area contributed by atoms with Gasteiger partial charge < -0.3 is 10.0 Å². The van der Waals surface area contributed by atoms with Crippen LogP contribution >= 0.6 is 0 Å². The normalized spacial score (nSPS) is 17.8. The van der Waals surface area contributed by atoms with Crippen molar-refractivity contribution in [1.29, 1.82) is 5.26 Å². The lowest BCUT2D eigenvalue weighted by Gasteiger charge is -2.34. The fourth-order valence-corrected chi connectivity index (χ4v) is 2.94. The average Bonchev–Trinajstić information content (AvgIpc) is 2.46. The highest BCUT2D eigenvalue weighted by atomic mass is 16.3. The summed E-state index contributed by atoms with van der Waals surface area (Å²) >= 11 is 0. The van der Waals surface area contributed by atoms with E-state index >= 15 is 0 Å². The maximum absolute atomic E-state index is 9.91. The SMILES string of the molecule is C[C@H](O)c1ccc(C#N)cc1N(C)C1CCCCC1. The molecule has 1 atom stereocenters. The molecular weight excluding hydrogens is 236 g/mol. The fraction of sp³-hybridized carbons (Fsp3) is 0.562. The smallest absolute Gasteiger partial charge is 0.0992 e. The van der Waals surface area contributed by atoms with Crippen LogP contribution < -0.4 is 4.90 Å². The van der Waals surface area contributed by atoms with Crippen molar-refractivity contribution in [2.24, 2.45) is 0 Å². The monoisotopic (exact) mass is 258 g/mol. The zero-order chi connectivity index (χ0) is 13.8. The molecule has 0 amide bonds. The van der Waals surface area contributed by atoms with Gasteiger partial charge in [-0.1, -0.05) is 25.3 Å². The number of aliphatic hydroxyl groups excluding tert-OH is 1. The van der Waals surface area contributed by atoms with Gasteiger partial charge >= 0.3 is 0 Å². The molecule has 1 fully saturated rings. The largest absolute Gasteiger partial charge is 0.389 e. The van der Waals surface area contributed by atoms with Crippen molar-refractivity contribution in [3.8, 4) is 6.07 Å². The summed E-state index contributed by atoms with van der Waals surface area (Å²) in [6, 6.07) is 8.26. The fourth-order valence-electron chi connectivity index (χ4n) is 2.94. The van der Waals surface area contributed by atoms with Gasteiger partial charge in [0.25, 0.3) is 0 Å². The Balaban J connectivity index is 2.32. The lowest BCUT2D eigenvalue weighted by molar-refractivity contribution is 0.199. The molecule has 0 radical (unpaired) electrons. The molecule has 0 unspecified atom stereocenters. The predicted octanol–water partition coefficient (Wildman–Crippen LogP) is 3.38. The Labute approximate surface area is 115 Å². The first-order valence-electron chi connectivity index (χ1n) is 7.08. The summed E-state index contributed by atoms with van der Waals surface area (Å²) in [6.07, 6.45) is 5.77. The van der Waals surface area contributed by atoms with Crippen LogP contribution in [0.1, 0.15) is 56.3 Å². The van der Waals surface area contributed by atoms with Gasteiger partial charge in [0.15, 0.2) is 0 Å². The van der Waals surface area contributed by atoms with E-state index in [1.165, 1.54) is 32.1 Å². The van der Waals surface area contributed by atoms with E-state index < -0.39 is 6.10 Å². The molecule has 1 aliphatic rings. The highest BCUT2D eigenvalue weighted by Crippen LogP contribution is 2.32. The van der Waals surface area contributed by atoms with Crippen LogP contribution in [0.4, 0.5) is 5.69 Å². The molecule has 2 rings (SSSR count). The Kier molecular flexibility index (Phi) is 4.44. The molecule has 0 heterocycles. The summed E-state index contributed by atoms with van der Waals surface area (Å²) in [5, 5.41) is 19.0. The van der Waals surface area contributed by atoms with Gasteiger partial charge in [0.2, 0.25) is 0 Å². The van der Waals surface area contributed by atoms with Crippen molar-refractivity contribution in [2.45, 2.75) is 51.2 Å². The number of hydrogen-bond donors (Lipinski definition) is 1. The van der Waals surface area contributed by atoms with Crippen LogP contribution in [-0.4, -0.2) is 18.2 Å². The number of nitriles is 1. The van der Waals surface area contributed by atoms with Crippen molar-refractivity contribution in [2.75, 3.05) is 11.9 Å². The zero-order valence-corrected chi connectivity index (χ0v) is 11.8. The molecule has 102 valence electrons. The summed E-state index contributed by atoms with van der Waals surface area (Å²) in [5.41, 5.74) is 2.56. The minimum Gasteiger partial charge on any atom is -0.389 e. The van der Waals surface area contributed by atoms with Gasteiger partial charge in [-0.15, -0.1) is 0 Å². The van der Waals surface area contributed by atoms with Crippen LogP contribution in [-0.2, 0) is 0 Å². The van der Waals surface area contributed by atoms with Gasteiger partial charge in [-0.2, -0.15) is 5.26 Å². The minimum atomic E-state index is -0.506. The molecule has 19 heavy (non-hydrogen) atoms. The van der Waals surface area contributed by atoms with Crippen molar-refractivity contribution < 1.29 is 5.11 Å². The van der Waals surface area contributed by atoms with Crippen molar-refractivity contribution >= 4 is 5.69 Å². The quantitative estimate of drug-likeness (QED) is 0.904. The first-order valence-corrected chi connectivity index (χ1v) is 7.08. The lowest BCUT2D eigenvalue weighted by atomic mass is 9.93. The second-order valence-corrected chi connectivity index (χ2v) is 5.46. The molecule has 0 spiro atoms. The Morgan fingerprint density at radius 3 is 2.58 bits per heavy atom. The minimum absolute atomic E-state index is 0.506. The van der Waals surface area contributed by atoms with E-state index in [2.05, 4.69) is 18.0 Å². The Bertz CT molecular complexity index is 470. The van der Waals surface area contributed by atoms with Crippen molar-refractivity contribution in [1.82, 2.24) is 0 Å². The summed E-state index contributed by atoms with van der Waals surface area (Å²) in [5.74, 6) is 0. The van der Waals surface area contributed by atoms with E-state index in [1.54, 1.807) is 13.0 Å². The number of benzene rings is 1. The number of hydrogen-bond acceptors (Lipinski definition) is 3. The summed E-state index contributed by atoms with van der Waals surface area (Å²) in [7, 11) is 2.08. The van der Waals surface area contributed by atoms with E-state index in [-0.39, 0.29) is 0 Å². The Morgan fingerprint density at radius 2 is 2.00 bits per heavy atom. The highest BCUT2D eigenvalue weighted by molar-refractivity contribution is 5.58. The third-order valence-electron chi connectivity index (χ3n) is 4.11. The first kappa shape index (κ1) is 13.9. The van der Waals surface area contributed by atoms with Gasteiger partial charge in [0.1, 0.15) is 0 Å². The molecule has 1 aromatic carbocycles. The van der Waals surface area contributed by atoms with E-state index in [4.69, 9.17) is 5.26 Å². The first-order chi connectivity index (χ1) is 9.13. The Hall–Kier alpha value is -1.53. The number of anilines is 1. The van der Waals surface area contributed by atoms with Crippen LogP contribution in [0.2, 0.25) is 0 Å². The standard InChI is InChI=1S/C16H22N2O/c1-12(19)15-9-8-13(11-17)10-16(15)18(2)14-6-4-3-5-7-14/h8-10,12,14,19H,3-7H2,1-2H3/t12-/m0/s1. The van der Waals surface area contributed by atoms with Crippen LogP contribution in [0.15, 0.2) is 18.2 Å². The predicted molar refractivity (Wildman–Crippen MR) is 77.1 cm³/mol. The molecule has 0 bridgehead atoms. The molecule has 0 aliphatic heterocycles. The second-order valence-electron chi connectivity index (χ2n) is 5.46. The summed E-state index contributed by atoms with van der Waals surface area (Å²) in [4.78, 5) is 2.25. The molecule has 0 aromatic heterocycles. The average molecular weight is 258 g/mol. The van der Waals surface area contributed by atoms with E-state index in [0.29, 0.717) is 11.6 Å². The highest BCUT2D eigenvalue weighted by Gasteiger charge is 2.21. The van der Waals surface area contributed by atoms with Crippen LogP contribution in [0.5, 0.6) is 0 Å². The van der Waals surface area contributed by atoms with E-state index in [0.717, 1.165) is 11.3 Å². The lowest BCUT2D eigenvalue weighted by Crippen LogP contribution is -2.34. The van der Waals surface area contributed by atoms with E-state index in [9.17, 15) is 5.11 Å². The van der Waals surface area contributed by atoms with Gasteiger partial charge in [0, 0.05) is 24.3 Å². The molecule has 1 N–H and O–H groups in total. The Morgan fingerprint density at radius 1 is 1.32 bits per heavy atom. The molecule has 1 aliphatic carbocycles. The van der Waals surface area contributed by atoms with Crippen LogP contribution in [0.3, 0.4) is 0 Å². The maximum Gasteiger partial charge on any atom is 0.0992 e. The van der Waals surface area contributed by atoms with Crippen molar-refractivity contribution in [3.63, 3.8) is 0 Å². The third kappa shape index (κ3) is 3.08. The van der Waals surface area contributed by atoms with Gasteiger partial charge in [-0.3, -0.25) is 0 Å². The molecule has 3 heteroatoms. The van der Waals surface area contributed by atoms with Gasteiger partial charge in [0.05, 0.1) is 17.7 Å². The third-order valence-corrected chi connectivity index (χ3v) is 4.11. The molecule has 3 nitrogen and oxygen atoms in total. The molecule has 1 saturated carbocycles. The zero-order valence-electron chi connectivity index (χ0n) is 11.8. The van der Waals surface area contributed by atoms with Gasteiger partial charge in [-0.05, 0) is 31.9 Å². The van der Waals surface area contributed by atoms with Crippen LogP contribution in [0, 0.1) is 11.3 Å². The molecule has 0 saturated heterocycles. The van der Waals surface area contributed by atoms with Crippen molar-refractivity contribution in [3.05, 3.63) is 29.3 Å². The number of rotatable bonds is 3. The topological polar surface area (TPSA) is 47.3 Å². The summed E-state index contributed by atoms with van der Waals surface area (Å²) < 4.78 is 0.